The second-order valence-electron chi connectivity index (χ2n) is 3.26. The van der Waals surface area contributed by atoms with E-state index in [9.17, 15) is 22.4 Å². The van der Waals surface area contributed by atoms with Crippen molar-refractivity contribution in [1.82, 2.24) is 0 Å². The quantitative estimate of drug-likeness (QED) is 0.355. The maximum atomic E-state index is 13.1. The number of carbonyl (C=O) groups is 1. The monoisotopic (exact) mass is 266 g/mol. The molecule has 0 fully saturated rings. The molecule has 100 valence electrons. The van der Waals surface area contributed by atoms with E-state index in [1.54, 1.807) is 6.92 Å². The van der Waals surface area contributed by atoms with Gasteiger partial charge in [0, 0.05) is 5.56 Å². The van der Waals surface area contributed by atoms with Crippen molar-refractivity contribution in [2.75, 3.05) is 13.2 Å². The summed E-state index contributed by atoms with van der Waals surface area (Å²) in [4.78, 5) is 10.9. The molecule has 0 saturated carbocycles. The Hall–Kier alpha value is -1.63. The second-order valence-corrected chi connectivity index (χ2v) is 3.26. The van der Waals surface area contributed by atoms with Crippen LogP contribution in [-0.4, -0.2) is 19.2 Å². The maximum Gasteiger partial charge on any atom is 0.332 e. The van der Waals surface area contributed by atoms with Crippen LogP contribution < -0.4 is 0 Å². The lowest BCUT2D eigenvalue weighted by Crippen LogP contribution is -2.13. The van der Waals surface area contributed by atoms with Gasteiger partial charge in [-0.2, -0.15) is 0 Å². The topological polar surface area (TPSA) is 35.5 Å². The zero-order valence-corrected chi connectivity index (χ0v) is 9.44. The van der Waals surface area contributed by atoms with Crippen molar-refractivity contribution in [3.8, 4) is 0 Å². The minimum atomic E-state index is -1.91. The molecular formula is C11H10F4O3. The number of ether oxygens (including phenoxy) is 2. The summed E-state index contributed by atoms with van der Waals surface area (Å²) in [6, 6.07) is 0.471. The zero-order valence-electron chi connectivity index (χ0n) is 9.44. The molecule has 1 aromatic carbocycles. The fourth-order valence-electron chi connectivity index (χ4n) is 1.17. The van der Waals surface area contributed by atoms with E-state index in [-0.39, 0.29) is 6.61 Å². The number of halogens is 4. The van der Waals surface area contributed by atoms with Gasteiger partial charge in [0.1, 0.15) is 6.61 Å². The van der Waals surface area contributed by atoms with Crippen molar-refractivity contribution < 1.29 is 31.8 Å². The minimum Gasteiger partial charge on any atom is -0.464 e. The molecule has 0 atom stereocenters. The van der Waals surface area contributed by atoms with Gasteiger partial charge < -0.3 is 9.47 Å². The molecule has 18 heavy (non-hydrogen) atoms. The van der Waals surface area contributed by atoms with Crippen LogP contribution in [0.3, 0.4) is 0 Å². The molecule has 1 aromatic rings. The van der Waals surface area contributed by atoms with Gasteiger partial charge in [-0.15, -0.1) is 0 Å². The number of carbonyl (C=O) groups excluding carboxylic acids is 1. The average Bonchev–Trinajstić information content (AvgIpc) is 2.33. The van der Waals surface area contributed by atoms with Crippen molar-refractivity contribution >= 4 is 5.97 Å². The van der Waals surface area contributed by atoms with Gasteiger partial charge in [0.15, 0.2) is 23.3 Å². The Labute approximate surface area is 100 Å². The van der Waals surface area contributed by atoms with Gasteiger partial charge in [0.2, 0.25) is 0 Å². The van der Waals surface area contributed by atoms with Gasteiger partial charge >= 0.3 is 5.97 Å². The Bertz CT molecular complexity index is 448. The van der Waals surface area contributed by atoms with Crippen LogP contribution in [0.25, 0.3) is 0 Å². The third-order valence-corrected chi connectivity index (χ3v) is 1.96. The zero-order chi connectivity index (χ0) is 13.7. The largest absolute Gasteiger partial charge is 0.464 e. The molecule has 0 aromatic heterocycles. The first kappa shape index (κ1) is 14.4. The van der Waals surface area contributed by atoms with Gasteiger partial charge in [-0.3, -0.25) is 0 Å². The fourth-order valence-corrected chi connectivity index (χ4v) is 1.17. The number of hydrogen-bond donors (Lipinski definition) is 0. The molecule has 0 N–H and O–H groups in total. The van der Waals surface area contributed by atoms with E-state index in [0.29, 0.717) is 6.07 Å². The smallest absolute Gasteiger partial charge is 0.332 e. The number of rotatable bonds is 5. The lowest BCUT2D eigenvalue weighted by atomic mass is 10.2. The molecule has 0 amide bonds. The normalized spacial score (nSPS) is 10.5. The van der Waals surface area contributed by atoms with Crippen LogP contribution in [-0.2, 0) is 20.9 Å². The van der Waals surface area contributed by atoms with Gasteiger partial charge in [-0.1, -0.05) is 0 Å². The molecule has 0 aliphatic heterocycles. The molecule has 1 rings (SSSR count). The summed E-state index contributed by atoms with van der Waals surface area (Å²) in [5, 5.41) is 0. The maximum absolute atomic E-state index is 13.1. The average molecular weight is 266 g/mol. The highest BCUT2D eigenvalue weighted by atomic mass is 19.2. The van der Waals surface area contributed by atoms with E-state index in [1.165, 1.54) is 0 Å². The Morgan fingerprint density at radius 2 is 1.83 bits per heavy atom. The molecular weight excluding hydrogens is 256 g/mol. The minimum absolute atomic E-state index is 0.149. The lowest BCUT2D eigenvalue weighted by Gasteiger charge is -2.07. The van der Waals surface area contributed by atoms with Crippen molar-refractivity contribution in [2.45, 2.75) is 13.5 Å². The molecule has 0 bridgehead atoms. The van der Waals surface area contributed by atoms with Crippen molar-refractivity contribution in [3.05, 3.63) is 34.9 Å². The predicted octanol–water partition coefficient (Wildman–Crippen LogP) is 2.32. The van der Waals surface area contributed by atoms with Gasteiger partial charge in [0.25, 0.3) is 0 Å². The van der Waals surface area contributed by atoms with Crippen LogP contribution in [0, 0.1) is 23.3 Å². The fraction of sp³-hybridized carbons (Fsp3) is 0.364. The molecule has 0 aliphatic carbocycles. The highest BCUT2D eigenvalue weighted by molar-refractivity contribution is 5.70. The third kappa shape index (κ3) is 3.43. The molecule has 3 nitrogen and oxygen atoms in total. The van der Waals surface area contributed by atoms with Crippen LogP contribution in [0.1, 0.15) is 12.5 Å². The van der Waals surface area contributed by atoms with Gasteiger partial charge in [-0.25, -0.2) is 22.4 Å². The standard InChI is InChI=1S/C11H10F4O3/c1-2-18-8(16)5-17-4-6-3-7(12)10(14)11(15)9(6)13/h3H,2,4-5H2,1H3. The Kier molecular flexibility index (Phi) is 5.08. The molecule has 0 aliphatic rings. The lowest BCUT2D eigenvalue weighted by molar-refractivity contribution is -0.148. The summed E-state index contributed by atoms with van der Waals surface area (Å²) in [5.41, 5.74) is -0.518. The Morgan fingerprint density at radius 3 is 2.44 bits per heavy atom. The van der Waals surface area contributed by atoms with Crippen LogP contribution in [0.4, 0.5) is 17.6 Å². The van der Waals surface area contributed by atoms with Crippen molar-refractivity contribution in [1.29, 1.82) is 0 Å². The molecule has 0 spiro atoms. The molecule has 0 saturated heterocycles. The summed E-state index contributed by atoms with van der Waals surface area (Å²) in [5.74, 6) is -7.56. The predicted molar refractivity (Wildman–Crippen MR) is 52.6 cm³/mol. The molecule has 7 heteroatoms. The summed E-state index contributed by atoms with van der Waals surface area (Å²) >= 11 is 0. The highest BCUT2D eigenvalue weighted by Crippen LogP contribution is 2.19. The second kappa shape index (κ2) is 6.34. The van der Waals surface area contributed by atoms with Crippen molar-refractivity contribution in [2.24, 2.45) is 0 Å². The molecule has 0 radical (unpaired) electrons. The van der Waals surface area contributed by atoms with Crippen LogP contribution in [0.2, 0.25) is 0 Å². The summed E-state index contributed by atoms with van der Waals surface area (Å²) < 4.78 is 60.6. The first-order valence-electron chi connectivity index (χ1n) is 5.02. The molecule has 0 unspecified atom stereocenters. The Morgan fingerprint density at radius 1 is 1.17 bits per heavy atom. The van der Waals surface area contributed by atoms with E-state index < -0.39 is 48.0 Å². The van der Waals surface area contributed by atoms with Gasteiger partial charge in [-0.05, 0) is 13.0 Å². The molecule has 0 heterocycles. The summed E-state index contributed by atoms with van der Waals surface area (Å²) in [6.07, 6.45) is 0. The number of esters is 1. The van der Waals surface area contributed by atoms with E-state index in [1.807, 2.05) is 0 Å². The van der Waals surface area contributed by atoms with Crippen LogP contribution >= 0.6 is 0 Å². The summed E-state index contributed by atoms with van der Waals surface area (Å²) in [6.45, 7) is 0.672. The SMILES string of the molecule is CCOC(=O)COCc1cc(F)c(F)c(F)c1F. The third-order valence-electron chi connectivity index (χ3n) is 1.96. The highest BCUT2D eigenvalue weighted by Gasteiger charge is 2.18. The first-order valence-corrected chi connectivity index (χ1v) is 5.02. The summed E-state index contributed by atoms with van der Waals surface area (Å²) in [7, 11) is 0. The first-order chi connectivity index (χ1) is 8.47. The van der Waals surface area contributed by atoms with E-state index in [2.05, 4.69) is 4.74 Å². The van der Waals surface area contributed by atoms with Crippen LogP contribution in [0.5, 0.6) is 0 Å². The van der Waals surface area contributed by atoms with E-state index >= 15 is 0 Å². The number of hydrogen-bond acceptors (Lipinski definition) is 3. The van der Waals surface area contributed by atoms with Crippen LogP contribution in [0.15, 0.2) is 6.07 Å². The van der Waals surface area contributed by atoms with E-state index in [0.717, 1.165) is 0 Å². The van der Waals surface area contributed by atoms with E-state index in [4.69, 9.17) is 4.74 Å². The van der Waals surface area contributed by atoms with Gasteiger partial charge in [0.05, 0.1) is 13.2 Å². The van der Waals surface area contributed by atoms with Crippen molar-refractivity contribution in [3.63, 3.8) is 0 Å². The Balaban J connectivity index is 2.66. The number of benzene rings is 1.